The van der Waals surface area contributed by atoms with Crippen molar-refractivity contribution in [2.75, 3.05) is 13.2 Å². The maximum Gasteiger partial charge on any atom is 1.00 e. The summed E-state index contributed by atoms with van der Waals surface area (Å²) in [6.45, 7) is -2.01. The van der Waals surface area contributed by atoms with E-state index in [-0.39, 0.29) is 71.4 Å². The average Bonchev–Trinajstić information content (AvgIpc) is 2.38. The van der Waals surface area contributed by atoms with Crippen LogP contribution in [0.2, 0.25) is 0 Å². The molecule has 0 saturated heterocycles. The van der Waals surface area contributed by atoms with Crippen molar-refractivity contribution < 1.29 is 116 Å². The van der Waals surface area contributed by atoms with Crippen molar-refractivity contribution in [2.24, 2.45) is 0 Å². The van der Waals surface area contributed by atoms with Crippen LogP contribution >= 0.6 is 12.3 Å². The zero-order valence-electron chi connectivity index (χ0n) is 11.6. The number of hydrogen-bond donors (Lipinski definition) is 4. The Morgan fingerprint density at radius 3 is 1.86 bits per heavy atom. The summed E-state index contributed by atoms with van der Waals surface area (Å²) in [5.74, 6) is 0. The molecule has 0 saturated carbocycles. The van der Waals surface area contributed by atoms with Crippen molar-refractivity contribution in [3.63, 3.8) is 0 Å². The molecule has 0 aromatic rings. The van der Waals surface area contributed by atoms with Gasteiger partial charge in [0.2, 0.25) is 10.4 Å². The predicted octanol–water partition coefficient (Wildman–Crippen LogP) is -10.3. The van der Waals surface area contributed by atoms with E-state index in [1.807, 2.05) is 0 Å². The quantitative estimate of drug-likeness (QED) is 0.0497. The standard InChI is InChI=1S/C6H14O12S2.2Na/c7-1-3(15-19-18-17-11)5(9)6(10)4(2-8)16-20(12,13)14;;/h3-11H,1-2H2,(H,12,13,14);;/q;2*+1/p-2. The minimum atomic E-state index is -5.24. The first-order valence-electron chi connectivity index (χ1n) is 4.77. The Hall–Kier alpha value is 1.90. The van der Waals surface area contributed by atoms with E-state index < -0.39 is 48.0 Å². The molecule has 0 aromatic heterocycles. The van der Waals surface area contributed by atoms with Gasteiger partial charge in [0.15, 0.2) is 12.3 Å². The fraction of sp³-hybridized carbons (Fsp3) is 1.00. The van der Waals surface area contributed by atoms with Crippen LogP contribution in [0.4, 0.5) is 0 Å². The predicted molar refractivity (Wildman–Crippen MR) is 55.4 cm³/mol. The van der Waals surface area contributed by atoms with E-state index in [0.29, 0.717) is 0 Å². The molecule has 4 unspecified atom stereocenters. The van der Waals surface area contributed by atoms with Gasteiger partial charge in [-0.25, -0.2) is 8.42 Å². The van der Waals surface area contributed by atoms with Crippen molar-refractivity contribution in [1.29, 1.82) is 0 Å². The summed E-state index contributed by atoms with van der Waals surface area (Å²) in [4.78, 5) is 0. The van der Waals surface area contributed by atoms with E-state index in [4.69, 9.17) is 10.2 Å². The third-order valence-corrected chi connectivity index (χ3v) is 2.85. The number of hydrogen-bond acceptors (Lipinski definition) is 13. The van der Waals surface area contributed by atoms with Gasteiger partial charge in [-0.05, 0) is 0 Å². The summed E-state index contributed by atoms with van der Waals surface area (Å²) >= 11 is -0.0850. The van der Waals surface area contributed by atoms with Crippen molar-refractivity contribution in [3.05, 3.63) is 0 Å². The van der Waals surface area contributed by atoms with Crippen LogP contribution in [0, 0.1) is 0 Å². The Morgan fingerprint density at radius 1 is 1.05 bits per heavy atom. The monoisotopic (exact) mass is 386 g/mol. The van der Waals surface area contributed by atoms with Gasteiger partial charge in [0, 0.05) is 0 Å². The van der Waals surface area contributed by atoms with Gasteiger partial charge >= 0.3 is 59.1 Å². The Balaban J connectivity index is -0.00000180. The first-order valence-corrected chi connectivity index (χ1v) is 6.77. The first kappa shape index (κ1) is 28.7. The SMILES string of the molecule is O=S(=O)([O-])OC(CO)C(O)C(O)C(CO)OSOO[O-].[Na+].[Na+]. The molecule has 0 aliphatic carbocycles. The fourth-order valence-electron chi connectivity index (χ4n) is 1.06. The molecular weight excluding hydrogens is 374 g/mol. The fourth-order valence-corrected chi connectivity index (χ4v) is 1.87. The van der Waals surface area contributed by atoms with Crippen LogP contribution in [0.15, 0.2) is 0 Å². The molecule has 4 atom stereocenters. The van der Waals surface area contributed by atoms with Crippen molar-refractivity contribution >= 4 is 22.7 Å². The average molecular weight is 386 g/mol. The third-order valence-electron chi connectivity index (χ3n) is 1.93. The Kier molecular flexibility index (Phi) is 19.8. The van der Waals surface area contributed by atoms with Gasteiger partial charge in [0.05, 0.1) is 13.2 Å². The number of aliphatic hydroxyl groups excluding tert-OH is 4. The Bertz CT molecular complexity index is 356. The summed E-state index contributed by atoms with van der Waals surface area (Å²) in [6, 6.07) is 0. The largest absolute Gasteiger partial charge is 1.00 e. The summed E-state index contributed by atoms with van der Waals surface area (Å²) in [5, 5.41) is 49.1. The van der Waals surface area contributed by atoms with Crippen LogP contribution in [-0.4, -0.2) is 71.0 Å². The van der Waals surface area contributed by atoms with Gasteiger partial charge in [-0.1, -0.05) is 0 Å². The molecule has 0 heterocycles. The summed E-state index contributed by atoms with van der Waals surface area (Å²) in [5.41, 5.74) is 0. The molecule has 4 N–H and O–H groups in total. The second kappa shape index (κ2) is 15.2. The van der Waals surface area contributed by atoms with Gasteiger partial charge < -0.3 is 30.2 Å². The van der Waals surface area contributed by atoms with Crippen LogP contribution in [0.25, 0.3) is 0 Å². The van der Waals surface area contributed by atoms with Crippen LogP contribution in [0.1, 0.15) is 0 Å². The molecule has 122 valence electrons. The molecule has 0 aliphatic heterocycles. The molecular formula is C6H12Na2O12S2. The van der Waals surface area contributed by atoms with E-state index >= 15 is 0 Å². The van der Waals surface area contributed by atoms with Gasteiger partial charge in [-0.3, -0.25) is 13.4 Å². The molecule has 22 heavy (non-hydrogen) atoms. The van der Waals surface area contributed by atoms with Gasteiger partial charge in [0.1, 0.15) is 24.4 Å². The maximum absolute atomic E-state index is 10.3. The Morgan fingerprint density at radius 2 is 1.50 bits per heavy atom. The number of aliphatic hydroxyl groups is 4. The van der Waals surface area contributed by atoms with Crippen LogP contribution in [0.3, 0.4) is 0 Å². The second-order valence-electron chi connectivity index (χ2n) is 3.23. The molecule has 0 aliphatic rings. The normalized spacial score (nSPS) is 16.8. The molecule has 0 fully saturated rings. The minimum Gasteiger partial charge on any atom is -0.726 e. The van der Waals surface area contributed by atoms with Gasteiger partial charge in [-0.15, -0.1) is 4.33 Å². The molecule has 12 nitrogen and oxygen atoms in total. The first-order chi connectivity index (χ1) is 9.26. The molecule has 16 heteroatoms. The zero-order chi connectivity index (χ0) is 15.8. The summed E-state index contributed by atoms with van der Waals surface area (Å²) in [6.07, 6.45) is -7.64. The maximum atomic E-state index is 10.3. The summed E-state index contributed by atoms with van der Waals surface area (Å²) < 4.78 is 43.0. The van der Waals surface area contributed by atoms with Crippen molar-refractivity contribution in [2.45, 2.75) is 24.4 Å². The smallest absolute Gasteiger partial charge is 0.726 e. The number of rotatable bonds is 11. The second-order valence-corrected chi connectivity index (χ2v) is 4.70. The molecule has 0 spiro atoms. The molecule has 0 radical (unpaired) electrons. The van der Waals surface area contributed by atoms with Gasteiger partial charge in [-0.2, -0.15) is 0 Å². The van der Waals surface area contributed by atoms with E-state index in [9.17, 15) is 28.4 Å². The summed E-state index contributed by atoms with van der Waals surface area (Å²) in [7, 11) is -5.24. The van der Waals surface area contributed by atoms with Crippen LogP contribution in [0.5, 0.6) is 0 Å². The van der Waals surface area contributed by atoms with Crippen LogP contribution in [-0.2, 0) is 28.1 Å². The minimum absolute atomic E-state index is 0. The molecule has 0 bridgehead atoms. The van der Waals surface area contributed by atoms with Crippen LogP contribution < -0.4 is 64.4 Å². The van der Waals surface area contributed by atoms with Crippen molar-refractivity contribution in [3.8, 4) is 0 Å². The zero-order valence-corrected chi connectivity index (χ0v) is 17.2. The van der Waals surface area contributed by atoms with E-state index in [1.165, 1.54) is 0 Å². The van der Waals surface area contributed by atoms with E-state index in [2.05, 4.69) is 17.7 Å². The topological polar surface area (TPSA) is 198 Å². The van der Waals surface area contributed by atoms with Gasteiger partial charge in [0.25, 0.3) is 0 Å². The molecule has 0 aromatic carbocycles. The third kappa shape index (κ3) is 12.3. The van der Waals surface area contributed by atoms with E-state index in [1.54, 1.807) is 0 Å². The molecule has 0 rings (SSSR count). The van der Waals surface area contributed by atoms with Crippen molar-refractivity contribution in [1.82, 2.24) is 0 Å². The molecule has 0 amide bonds. The van der Waals surface area contributed by atoms with E-state index in [0.717, 1.165) is 0 Å². The Labute approximate surface area is 174 Å².